The third-order valence-electron chi connectivity index (χ3n) is 2.77. The van der Waals surface area contributed by atoms with E-state index >= 15 is 0 Å². The van der Waals surface area contributed by atoms with Gasteiger partial charge in [-0.3, -0.25) is 0 Å². The van der Waals surface area contributed by atoms with Gasteiger partial charge in [0.2, 0.25) is 0 Å². The Morgan fingerprint density at radius 2 is 1.88 bits per heavy atom. The average molecular weight is 262 g/mol. The molecule has 1 heterocycles. The Labute approximate surface area is 101 Å². The van der Waals surface area contributed by atoms with Crippen LogP contribution < -0.4 is 0 Å². The first kappa shape index (κ1) is 12.6. The number of benzene rings is 1. The summed E-state index contributed by atoms with van der Waals surface area (Å²) in [6, 6.07) is 5.32. The second-order valence-corrected chi connectivity index (χ2v) is 5.98. The molecule has 0 bridgehead atoms. The summed E-state index contributed by atoms with van der Waals surface area (Å²) in [6.45, 7) is 1.25. The first-order valence-electron chi connectivity index (χ1n) is 5.23. The quantitative estimate of drug-likeness (QED) is 0.704. The van der Waals surface area contributed by atoms with Gasteiger partial charge in [0.1, 0.15) is 0 Å². The monoisotopic (exact) mass is 262 g/mol. The molecule has 1 nitrogen and oxygen atoms in total. The summed E-state index contributed by atoms with van der Waals surface area (Å²) in [4.78, 5) is 0. The fourth-order valence-electron chi connectivity index (χ4n) is 1.77. The van der Waals surface area contributed by atoms with E-state index in [0.717, 1.165) is 23.4 Å². The molecule has 1 aromatic rings. The first-order chi connectivity index (χ1) is 7.98. The molecule has 2 rings (SSSR count). The Balaban J connectivity index is 2.20. The Morgan fingerprint density at radius 3 is 2.41 bits per heavy atom. The molecular weight excluding hydrogens is 249 g/mol. The maximum absolute atomic E-state index is 12.4. The highest BCUT2D eigenvalue weighted by molar-refractivity contribution is 8.14. The van der Waals surface area contributed by atoms with Crippen molar-refractivity contribution in [2.24, 2.45) is 0 Å². The number of alkyl halides is 3. The molecule has 0 spiro atoms. The predicted octanol–water partition coefficient (Wildman–Crippen LogP) is 3.48. The molecular formula is C12H13F3OS. The lowest BCUT2D eigenvalue weighted by atomic mass is 10.1. The highest BCUT2D eigenvalue weighted by atomic mass is 32.2. The summed E-state index contributed by atoms with van der Waals surface area (Å²) in [7, 11) is -0.0630. The van der Waals surface area contributed by atoms with Crippen LogP contribution in [0.1, 0.15) is 16.4 Å². The third-order valence-corrected chi connectivity index (χ3v) is 4.68. The van der Waals surface area contributed by atoms with Gasteiger partial charge in [0.05, 0.1) is 18.8 Å². The van der Waals surface area contributed by atoms with E-state index in [9.17, 15) is 13.2 Å². The molecule has 0 radical (unpaired) electrons. The van der Waals surface area contributed by atoms with E-state index < -0.39 is 11.7 Å². The van der Waals surface area contributed by atoms with Crippen molar-refractivity contribution in [3.05, 3.63) is 35.4 Å². The van der Waals surface area contributed by atoms with Crippen molar-refractivity contribution in [2.75, 3.05) is 19.0 Å². The molecule has 2 atom stereocenters. The van der Waals surface area contributed by atoms with Crippen LogP contribution in [0.3, 0.4) is 0 Å². The van der Waals surface area contributed by atoms with Gasteiger partial charge in [0, 0.05) is 11.0 Å². The van der Waals surface area contributed by atoms with Crippen LogP contribution >= 0.6 is 10.5 Å². The average Bonchev–Trinajstić information content (AvgIpc) is 2.29. The molecule has 1 aliphatic heterocycles. The van der Waals surface area contributed by atoms with Gasteiger partial charge < -0.3 is 4.74 Å². The molecule has 0 amide bonds. The van der Waals surface area contributed by atoms with Gasteiger partial charge >= 0.3 is 6.18 Å². The predicted molar refractivity (Wildman–Crippen MR) is 64.6 cm³/mol. The van der Waals surface area contributed by atoms with Crippen LogP contribution in [0.5, 0.6) is 0 Å². The SMILES string of the molecule is C=S1CCOCC1c1ccc(C(F)(F)F)cc1. The smallest absolute Gasteiger partial charge is 0.379 e. The molecule has 94 valence electrons. The molecule has 0 aliphatic carbocycles. The Hall–Kier alpha value is -0.810. The van der Waals surface area contributed by atoms with Gasteiger partial charge in [-0.2, -0.15) is 23.7 Å². The van der Waals surface area contributed by atoms with E-state index in [-0.39, 0.29) is 15.7 Å². The first-order valence-corrected chi connectivity index (χ1v) is 6.85. The van der Waals surface area contributed by atoms with Crippen molar-refractivity contribution in [2.45, 2.75) is 11.4 Å². The number of halogens is 3. The lowest BCUT2D eigenvalue weighted by molar-refractivity contribution is -0.137. The summed E-state index contributed by atoms with van der Waals surface area (Å²) in [5, 5.41) is 0.131. The molecule has 0 N–H and O–H groups in total. The zero-order valence-corrected chi connectivity index (χ0v) is 9.98. The van der Waals surface area contributed by atoms with Crippen LogP contribution in [0.25, 0.3) is 0 Å². The molecule has 1 aliphatic rings. The van der Waals surface area contributed by atoms with Crippen molar-refractivity contribution in [3.63, 3.8) is 0 Å². The van der Waals surface area contributed by atoms with Crippen LogP contribution in [0.2, 0.25) is 0 Å². The maximum atomic E-state index is 12.4. The normalized spacial score (nSPS) is 25.8. The standard InChI is InChI=1S/C12H13F3OS/c1-17-7-6-16-8-11(17)9-2-4-10(5-3-9)12(13,14)15/h2-5,11H,1,6-8H2. The van der Waals surface area contributed by atoms with Gasteiger partial charge in [-0.15, -0.1) is 0 Å². The molecule has 17 heavy (non-hydrogen) atoms. The zero-order chi connectivity index (χ0) is 12.5. The lowest BCUT2D eigenvalue weighted by Gasteiger charge is -2.26. The van der Waals surface area contributed by atoms with Crippen LogP contribution in [0.4, 0.5) is 13.2 Å². The van der Waals surface area contributed by atoms with Crippen LogP contribution in [-0.4, -0.2) is 24.8 Å². The van der Waals surface area contributed by atoms with E-state index in [0.29, 0.717) is 13.2 Å². The summed E-state index contributed by atoms with van der Waals surface area (Å²) in [5.74, 6) is 4.93. The second-order valence-electron chi connectivity index (χ2n) is 3.92. The summed E-state index contributed by atoms with van der Waals surface area (Å²) in [5.41, 5.74) is 0.276. The lowest BCUT2D eigenvalue weighted by Crippen LogP contribution is -2.16. The maximum Gasteiger partial charge on any atom is 0.416 e. The van der Waals surface area contributed by atoms with Crippen LogP contribution in [-0.2, 0) is 10.9 Å². The van der Waals surface area contributed by atoms with E-state index in [4.69, 9.17) is 4.74 Å². The van der Waals surface area contributed by atoms with Crippen molar-refractivity contribution in [3.8, 4) is 0 Å². The number of rotatable bonds is 1. The summed E-state index contributed by atoms with van der Waals surface area (Å²) < 4.78 is 42.6. The van der Waals surface area contributed by atoms with Crippen molar-refractivity contribution < 1.29 is 17.9 Å². The second kappa shape index (κ2) is 4.82. The van der Waals surface area contributed by atoms with E-state index in [2.05, 4.69) is 5.87 Å². The highest BCUT2D eigenvalue weighted by Crippen LogP contribution is 2.38. The van der Waals surface area contributed by atoms with Crippen molar-refractivity contribution >= 4 is 16.4 Å². The number of hydrogen-bond acceptors (Lipinski definition) is 1. The fourth-order valence-corrected chi connectivity index (χ4v) is 3.22. The van der Waals surface area contributed by atoms with Gasteiger partial charge in [0.25, 0.3) is 0 Å². The third kappa shape index (κ3) is 2.90. The Bertz CT molecular complexity index is 411. The minimum absolute atomic E-state index is 0.0630. The molecule has 1 saturated heterocycles. The molecule has 1 aromatic carbocycles. The summed E-state index contributed by atoms with van der Waals surface area (Å²) in [6.07, 6.45) is -4.27. The Morgan fingerprint density at radius 1 is 1.24 bits per heavy atom. The van der Waals surface area contributed by atoms with Gasteiger partial charge in [0.15, 0.2) is 0 Å². The van der Waals surface area contributed by atoms with Crippen LogP contribution in [0, 0.1) is 0 Å². The molecule has 2 unspecified atom stereocenters. The van der Waals surface area contributed by atoms with Gasteiger partial charge in [-0.1, -0.05) is 18.0 Å². The molecule has 1 fully saturated rings. The minimum atomic E-state index is -4.27. The molecule has 0 aromatic heterocycles. The largest absolute Gasteiger partial charge is 0.416 e. The fraction of sp³-hybridized carbons (Fsp3) is 0.417. The van der Waals surface area contributed by atoms with E-state index in [1.807, 2.05) is 0 Å². The van der Waals surface area contributed by atoms with Crippen molar-refractivity contribution in [1.29, 1.82) is 0 Å². The highest BCUT2D eigenvalue weighted by Gasteiger charge is 2.30. The van der Waals surface area contributed by atoms with Crippen molar-refractivity contribution in [1.82, 2.24) is 0 Å². The molecule has 0 saturated carbocycles. The number of hydrogen-bond donors (Lipinski definition) is 0. The molecule has 5 heteroatoms. The number of ether oxygens (including phenoxy) is 1. The van der Waals surface area contributed by atoms with E-state index in [1.54, 1.807) is 0 Å². The summed E-state index contributed by atoms with van der Waals surface area (Å²) >= 11 is 0. The Kier molecular flexibility index (Phi) is 3.58. The van der Waals surface area contributed by atoms with Gasteiger partial charge in [-0.05, 0) is 17.7 Å². The van der Waals surface area contributed by atoms with Crippen LogP contribution in [0.15, 0.2) is 24.3 Å². The van der Waals surface area contributed by atoms with E-state index in [1.165, 1.54) is 12.1 Å². The zero-order valence-electron chi connectivity index (χ0n) is 9.17. The topological polar surface area (TPSA) is 9.23 Å². The minimum Gasteiger partial charge on any atom is -0.379 e. The van der Waals surface area contributed by atoms with Gasteiger partial charge in [-0.25, -0.2) is 0 Å².